The van der Waals surface area contributed by atoms with Crippen molar-refractivity contribution in [2.24, 2.45) is 0 Å². The van der Waals surface area contributed by atoms with Gasteiger partial charge in [-0.05, 0) is 23.3 Å². The fourth-order valence-electron chi connectivity index (χ4n) is 2.35. The minimum atomic E-state index is 0.442. The highest BCUT2D eigenvalue weighted by Crippen LogP contribution is 2.39. The van der Waals surface area contributed by atoms with Crippen LogP contribution in [-0.2, 0) is 6.54 Å². The zero-order valence-electron chi connectivity index (χ0n) is 13.1. The fourth-order valence-corrected chi connectivity index (χ4v) is 2.35. The van der Waals surface area contributed by atoms with E-state index >= 15 is 0 Å². The van der Waals surface area contributed by atoms with E-state index in [1.807, 2.05) is 24.3 Å². The van der Waals surface area contributed by atoms with Gasteiger partial charge >= 0.3 is 0 Å². The Morgan fingerprint density at radius 3 is 2.10 bits per heavy atom. The lowest BCUT2D eigenvalue weighted by atomic mass is 9.97. The largest absolute Gasteiger partial charge is 0.496 e. The van der Waals surface area contributed by atoms with E-state index in [1.165, 1.54) is 5.56 Å². The summed E-state index contributed by atoms with van der Waals surface area (Å²) in [6.45, 7) is 5.10. The van der Waals surface area contributed by atoms with Gasteiger partial charge in [0.1, 0.15) is 11.5 Å². The monoisotopic (exact) mass is 285 g/mol. The number of hydrogen-bond acceptors (Lipinski definition) is 3. The van der Waals surface area contributed by atoms with Crippen molar-refractivity contribution >= 4 is 0 Å². The van der Waals surface area contributed by atoms with Gasteiger partial charge in [-0.3, -0.25) is 0 Å². The maximum Gasteiger partial charge on any atom is 0.130 e. The third-order valence-corrected chi connectivity index (χ3v) is 3.42. The van der Waals surface area contributed by atoms with Gasteiger partial charge in [0.05, 0.1) is 19.8 Å². The Kier molecular flexibility index (Phi) is 5.23. The maximum absolute atomic E-state index is 5.52. The molecule has 2 aromatic rings. The van der Waals surface area contributed by atoms with Gasteiger partial charge in [-0.25, -0.2) is 0 Å². The van der Waals surface area contributed by atoms with E-state index in [2.05, 4.69) is 37.4 Å². The molecule has 2 rings (SSSR count). The van der Waals surface area contributed by atoms with Crippen molar-refractivity contribution in [3.63, 3.8) is 0 Å². The average Bonchev–Trinajstić information content (AvgIpc) is 2.52. The van der Waals surface area contributed by atoms with Gasteiger partial charge in [0.25, 0.3) is 0 Å². The van der Waals surface area contributed by atoms with E-state index in [-0.39, 0.29) is 0 Å². The summed E-state index contributed by atoms with van der Waals surface area (Å²) >= 11 is 0. The summed E-state index contributed by atoms with van der Waals surface area (Å²) in [6.07, 6.45) is 0. The molecule has 0 aliphatic heterocycles. The molecule has 1 N–H and O–H groups in total. The average molecular weight is 285 g/mol. The van der Waals surface area contributed by atoms with Crippen LogP contribution in [-0.4, -0.2) is 20.3 Å². The van der Waals surface area contributed by atoms with Crippen molar-refractivity contribution in [2.45, 2.75) is 26.4 Å². The van der Waals surface area contributed by atoms with Crippen LogP contribution in [0, 0.1) is 0 Å². The Balaban J connectivity index is 2.51. The maximum atomic E-state index is 5.52. The number of hydrogen-bond donors (Lipinski definition) is 1. The first-order valence-electron chi connectivity index (χ1n) is 7.20. The molecule has 0 aliphatic carbocycles. The molecule has 21 heavy (non-hydrogen) atoms. The SMILES string of the molecule is COc1cccc(OC)c1-c1ccccc1CNC(C)C. The van der Waals surface area contributed by atoms with E-state index in [0.29, 0.717) is 6.04 Å². The highest BCUT2D eigenvalue weighted by atomic mass is 16.5. The zero-order chi connectivity index (χ0) is 15.2. The van der Waals surface area contributed by atoms with Gasteiger partial charge in [0.2, 0.25) is 0 Å². The first-order valence-corrected chi connectivity index (χ1v) is 7.20. The van der Waals surface area contributed by atoms with Crippen LogP contribution in [0.3, 0.4) is 0 Å². The summed E-state index contributed by atoms with van der Waals surface area (Å²) in [7, 11) is 3.38. The molecule has 0 amide bonds. The Hall–Kier alpha value is -2.00. The lowest BCUT2D eigenvalue weighted by molar-refractivity contribution is 0.397. The smallest absolute Gasteiger partial charge is 0.130 e. The van der Waals surface area contributed by atoms with E-state index in [0.717, 1.165) is 29.2 Å². The Bertz CT molecular complexity index is 571. The second-order valence-electron chi connectivity index (χ2n) is 5.23. The molecule has 2 aromatic carbocycles. The summed E-state index contributed by atoms with van der Waals surface area (Å²) in [4.78, 5) is 0. The van der Waals surface area contributed by atoms with Crippen LogP contribution in [0.15, 0.2) is 42.5 Å². The third-order valence-electron chi connectivity index (χ3n) is 3.42. The van der Waals surface area contributed by atoms with Crippen LogP contribution in [0.25, 0.3) is 11.1 Å². The van der Waals surface area contributed by atoms with Crippen molar-refractivity contribution in [3.8, 4) is 22.6 Å². The molecule has 0 aliphatic rings. The number of nitrogens with one attached hydrogen (secondary N) is 1. The first kappa shape index (κ1) is 15.4. The normalized spacial score (nSPS) is 10.7. The van der Waals surface area contributed by atoms with Crippen LogP contribution in [0.1, 0.15) is 19.4 Å². The Morgan fingerprint density at radius 1 is 0.905 bits per heavy atom. The third kappa shape index (κ3) is 3.56. The lowest BCUT2D eigenvalue weighted by Gasteiger charge is -2.17. The molecule has 0 unspecified atom stereocenters. The highest BCUT2D eigenvalue weighted by molar-refractivity contribution is 5.79. The number of ether oxygens (including phenoxy) is 2. The van der Waals surface area contributed by atoms with Crippen LogP contribution < -0.4 is 14.8 Å². The minimum Gasteiger partial charge on any atom is -0.496 e. The molecule has 0 saturated carbocycles. The summed E-state index contributed by atoms with van der Waals surface area (Å²) in [6, 6.07) is 14.7. The predicted octanol–water partition coefficient (Wildman–Crippen LogP) is 3.87. The van der Waals surface area contributed by atoms with Crippen molar-refractivity contribution in [2.75, 3.05) is 14.2 Å². The summed E-state index contributed by atoms with van der Waals surface area (Å²) < 4.78 is 11.0. The van der Waals surface area contributed by atoms with Crippen molar-refractivity contribution in [1.82, 2.24) is 5.32 Å². The van der Waals surface area contributed by atoms with Gasteiger partial charge in [0, 0.05) is 12.6 Å². The van der Waals surface area contributed by atoms with E-state index in [4.69, 9.17) is 9.47 Å². The van der Waals surface area contributed by atoms with Gasteiger partial charge in [0.15, 0.2) is 0 Å². The summed E-state index contributed by atoms with van der Waals surface area (Å²) in [5.41, 5.74) is 3.37. The Morgan fingerprint density at radius 2 is 1.52 bits per heavy atom. The van der Waals surface area contributed by atoms with Crippen molar-refractivity contribution in [1.29, 1.82) is 0 Å². The molecular formula is C18H23NO2. The molecule has 0 fully saturated rings. The van der Waals surface area contributed by atoms with E-state index < -0.39 is 0 Å². The second kappa shape index (κ2) is 7.14. The molecule has 0 atom stereocenters. The molecule has 112 valence electrons. The molecule has 0 heterocycles. The van der Waals surface area contributed by atoms with Crippen LogP contribution >= 0.6 is 0 Å². The molecule has 0 saturated heterocycles. The molecule has 0 radical (unpaired) electrons. The second-order valence-corrected chi connectivity index (χ2v) is 5.23. The number of rotatable bonds is 6. The van der Waals surface area contributed by atoms with Crippen molar-refractivity contribution in [3.05, 3.63) is 48.0 Å². The minimum absolute atomic E-state index is 0.442. The van der Waals surface area contributed by atoms with Gasteiger partial charge in [-0.2, -0.15) is 0 Å². The number of benzene rings is 2. The van der Waals surface area contributed by atoms with Crippen LogP contribution in [0.2, 0.25) is 0 Å². The molecule has 3 heteroatoms. The van der Waals surface area contributed by atoms with Crippen LogP contribution in [0.4, 0.5) is 0 Å². The lowest BCUT2D eigenvalue weighted by Crippen LogP contribution is -2.22. The van der Waals surface area contributed by atoms with Crippen LogP contribution in [0.5, 0.6) is 11.5 Å². The summed E-state index contributed by atoms with van der Waals surface area (Å²) in [5, 5.41) is 3.47. The zero-order valence-corrected chi connectivity index (χ0v) is 13.1. The fraction of sp³-hybridized carbons (Fsp3) is 0.333. The van der Waals surface area contributed by atoms with Gasteiger partial charge in [-0.15, -0.1) is 0 Å². The first-order chi connectivity index (χ1) is 10.2. The quantitative estimate of drug-likeness (QED) is 0.874. The summed E-state index contributed by atoms with van der Waals surface area (Å²) in [5.74, 6) is 1.65. The molecule has 0 aromatic heterocycles. The topological polar surface area (TPSA) is 30.5 Å². The van der Waals surface area contributed by atoms with Gasteiger partial charge in [-0.1, -0.05) is 44.2 Å². The van der Waals surface area contributed by atoms with E-state index in [9.17, 15) is 0 Å². The van der Waals surface area contributed by atoms with Gasteiger partial charge < -0.3 is 14.8 Å². The number of methoxy groups -OCH3 is 2. The highest BCUT2D eigenvalue weighted by Gasteiger charge is 2.15. The van der Waals surface area contributed by atoms with E-state index in [1.54, 1.807) is 14.2 Å². The molecule has 3 nitrogen and oxygen atoms in total. The molecule has 0 spiro atoms. The molecule has 0 bridgehead atoms. The molecular weight excluding hydrogens is 262 g/mol. The Labute approximate surface area is 126 Å². The standard InChI is InChI=1S/C18H23NO2/c1-13(2)19-12-14-8-5-6-9-15(14)18-16(20-3)10-7-11-17(18)21-4/h5-11,13,19H,12H2,1-4H3. The van der Waals surface area contributed by atoms with Crippen molar-refractivity contribution < 1.29 is 9.47 Å². The predicted molar refractivity (Wildman–Crippen MR) is 87.0 cm³/mol.